The van der Waals surface area contributed by atoms with Crippen LogP contribution in [-0.2, 0) is 9.59 Å². The first-order valence-electron chi connectivity index (χ1n) is 3.28. The predicted molar refractivity (Wildman–Crippen MR) is 36.3 cm³/mol. The Bertz CT molecular complexity index is 137. The van der Waals surface area contributed by atoms with Crippen molar-refractivity contribution in [2.45, 2.75) is 25.3 Å². The fourth-order valence-corrected chi connectivity index (χ4v) is 0.649. The number of carboxylic acids is 1. The van der Waals surface area contributed by atoms with Gasteiger partial charge in [-0.1, -0.05) is 0 Å². The normalized spacial score (nSPS) is 12.5. The molecule has 5 heteroatoms. The van der Waals surface area contributed by atoms with Crippen LogP contribution in [0.25, 0.3) is 0 Å². The minimum absolute atomic E-state index is 0.255. The van der Waals surface area contributed by atoms with Gasteiger partial charge in [-0.3, -0.25) is 4.79 Å². The van der Waals surface area contributed by atoms with Crippen LogP contribution in [0.1, 0.15) is 19.3 Å². The zero-order valence-electron chi connectivity index (χ0n) is 5.99. The van der Waals surface area contributed by atoms with Crippen molar-refractivity contribution in [3.8, 4) is 0 Å². The second-order valence-electron chi connectivity index (χ2n) is 2.12. The highest BCUT2D eigenvalue weighted by molar-refractivity contribution is 5.73. The van der Waals surface area contributed by atoms with E-state index in [0.29, 0.717) is 12.8 Å². The fourth-order valence-electron chi connectivity index (χ4n) is 0.649. The summed E-state index contributed by atoms with van der Waals surface area (Å²) in [4.78, 5) is 20.0. The second-order valence-corrected chi connectivity index (χ2v) is 2.12. The van der Waals surface area contributed by atoms with Gasteiger partial charge in [-0.05, 0) is 12.8 Å². The van der Waals surface area contributed by atoms with Crippen molar-refractivity contribution < 1.29 is 19.9 Å². The van der Waals surface area contributed by atoms with Gasteiger partial charge in [0.15, 0.2) is 0 Å². The van der Waals surface area contributed by atoms with Crippen LogP contribution in [0.15, 0.2) is 0 Å². The molecular weight excluding hydrogens is 150 g/mol. The number of carboxylic acid groups (broad SMARTS) is 1. The van der Waals surface area contributed by atoms with E-state index in [1.165, 1.54) is 0 Å². The number of aldehydes is 1. The van der Waals surface area contributed by atoms with Gasteiger partial charge < -0.3 is 15.1 Å². The van der Waals surface area contributed by atoms with E-state index in [9.17, 15) is 9.59 Å². The summed E-state index contributed by atoms with van der Waals surface area (Å²) in [6.07, 6.45) is 1.76. The number of carbonyl (C=O) groups is 2. The number of aliphatic carboxylic acids is 1. The third kappa shape index (κ3) is 4.46. The number of carbonyl (C=O) groups excluding carboxylic acids is 1. The lowest BCUT2D eigenvalue weighted by molar-refractivity contribution is -0.142. The Morgan fingerprint density at radius 2 is 2.27 bits per heavy atom. The molecule has 64 valence electrons. The van der Waals surface area contributed by atoms with Crippen molar-refractivity contribution in [1.82, 2.24) is 5.48 Å². The number of hydrogen-bond donors (Lipinski definition) is 3. The number of nitrogens with one attached hydrogen (secondary N) is 1. The van der Waals surface area contributed by atoms with E-state index in [-0.39, 0.29) is 6.42 Å². The van der Waals surface area contributed by atoms with Gasteiger partial charge in [-0.15, -0.1) is 0 Å². The summed E-state index contributed by atoms with van der Waals surface area (Å²) in [5.74, 6) is -1.11. The van der Waals surface area contributed by atoms with Crippen LogP contribution < -0.4 is 5.48 Å². The maximum Gasteiger partial charge on any atom is 0.323 e. The standard InChI is InChI=1S/C6H11NO4/c8-4-2-1-3-5(7-11)6(9)10/h4-5,7,11H,1-3H2,(H,9,10)/t5-/m0/s1. The van der Waals surface area contributed by atoms with Crippen LogP contribution in [0.2, 0.25) is 0 Å². The quantitative estimate of drug-likeness (QED) is 0.285. The van der Waals surface area contributed by atoms with E-state index < -0.39 is 12.0 Å². The zero-order valence-corrected chi connectivity index (χ0v) is 5.99. The Hall–Kier alpha value is -0.940. The number of unbranched alkanes of at least 4 members (excludes halogenated alkanes) is 1. The van der Waals surface area contributed by atoms with Crippen molar-refractivity contribution in [1.29, 1.82) is 0 Å². The van der Waals surface area contributed by atoms with Crippen LogP contribution >= 0.6 is 0 Å². The van der Waals surface area contributed by atoms with Crippen LogP contribution in [0.3, 0.4) is 0 Å². The second kappa shape index (κ2) is 5.82. The monoisotopic (exact) mass is 161 g/mol. The van der Waals surface area contributed by atoms with Crippen LogP contribution in [0, 0.1) is 0 Å². The lowest BCUT2D eigenvalue weighted by Gasteiger charge is -2.07. The van der Waals surface area contributed by atoms with E-state index in [1.807, 2.05) is 0 Å². The van der Waals surface area contributed by atoms with Gasteiger partial charge in [0.2, 0.25) is 0 Å². The molecule has 0 aliphatic rings. The molecule has 0 saturated carbocycles. The molecule has 0 aliphatic heterocycles. The highest BCUT2D eigenvalue weighted by atomic mass is 16.5. The summed E-state index contributed by atoms with van der Waals surface area (Å²) in [7, 11) is 0. The van der Waals surface area contributed by atoms with Gasteiger partial charge >= 0.3 is 5.97 Å². The predicted octanol–water partition coefficient (Wildman–Crippen LogP) is -0.212. The summed E-state index contributed by atoms with van der Waals surface area (Å²) < 4.78 is 0. The van der Waals surface area contributed by atoms with Crippen molar-refractivity contribution in [3.05, 3.63) is 0 Å². The van der Waals surface area contributed by atoms with Crippen molar-refractivity contribution in [3.63, 3.8) is 0 Å². The van der Waals surface area contributed by atoms with Crippen molar-refractivity contribution >= 4 is 12.3 Å². The maximum absolute atomic E-state index is 10.2. The minimum atomic E-state index is -1.11. The number of rotatable bonds is 6. The Balaban J connectivity index is 3.52. The van der Waals surface area contributed by atoms with Gasteiger partial charge in [-0.25, -0.2) is 0 Å². The molecule has 0 radical (unpaired) electrons. The topological polar surface area (TPSA) is 86.6 Å². The summed E-state index contributed by atoms with van der Waals surface area (Å²) in [5, 5.41) is 16.6. The molecule has 0 aromatic rings. The molecule has 0 aromatic heterocycles. The molecule has 0 unspecified atom stereocenters. The summed E-state index contributed by atoms with van der Waals surface area (Å²) in [5.41, 5.74) is 1.64. The van der Waals surface area contributed by atoms with E-state index in [0.717, 1.165) is 6.29 Å². The van der Waals surface area contributed by atoms with Crippen LogP contribution in [0.4, 0.5) is 0 Å². The summed E-state index contributed by atoms with van der Waals surface area (Å²) in [6.45, 7) is 0. The van der Waals surface area contributed by atoms with Crippen LogP contribution in [-0.4, -0.2) is 28.6 Å². The van der Waals surface area contributed by atoms with Gasteiger partial charge in [0.1, 0.15) is 12.3 Å². The largest absolute Gasteiger partial charge is 0.480 e. The molecule has 0 saturated heterocycles. The SMILES string of the molecule is O=CCCC[C@H](NO)C(=O)O. The van der Waals surface area contributed by atoms with Crippen LogP contribution in [0.5, 0.6) is 0 Å². The van der Waals surface area contributed by atoms with Gasteiger partial charge in [-0.2, -0.15) is 5.48 Å². The molecular formula is C6H11NO4. The van der Waals surface area contributed by atoms with E-state index in [4.69, 9.17) is 10.3 Å². The molecule has 0 fully saturated rings. The molecule has 0 spiro atoms. The lowest BCUT2D eigenvalue weighted by atomic mass is 10.1. The third-order valence-corrected chi connectivity index (χ3v) is 1.27. The Morgan fingerprint density at radius 3 is 2.64 bits per heavy atom. The van der Waals surface area contributed by atoms with E-state index >= 15 is 0 Å². The lowest BCUT2D eigenvalue weighted by Crippen LogP contribution is -2.34. The van der Waals surface area contributed by atoms with Gasteiger partial charge in [0.05, 0.1) is 0 Å². The average molecular weight is 161 g/mol. The first-order valence-corrected chi connectivity index (χ1v) is 3.28. The van der Waals surface area contributed by atoms with Gasteiger partial charge in [0.25, 0.3) is 0 Å². The summed E-state index contributed by atoms with van der Waals surface area (Å²) in [6, 6.07) is -0.963. The molecule has 3 N–H and O–H groups in total. The molecule has 0 rings (SSSR count). The Morgan fingerprint density at radius 1 is 1.64 bits per heavy atom. The molecule has 11 heavy (non-hydrogen) atoms. The number of hydrogen-bond acceptors (Lipinski definition) is 4. The zero-order chi connectivity index (χ0) is 8.69. The maximum atomic E-state index is 10.2. The van der Waals surface area contributed by atoms with Crippen molar-refractivity contribution in [2.75, 3.05) is 0 Å². The third-order valence-electron chi connectivity index (χ3n) is 1.27. The van der Waals surface area contributed by atoms with E-state index in [1.54, 1.807) is 5.48 Å². The Labute approximate surface area is 64.0 Å². The molecule has 0 amide bonds. The minimum Gasteiger partial charge on any atom is -0.480 e. The first kappa shape index (κ1) is 10.1. The molecule has 0 bridgehead atoms. The summed E-state index contributed by atoms with van der Waals surface area (Å²) >= 11 is 0. The fraction of sp³-hybridized carbons (Fsp3) is 0.667. The molecule has 1 atom stereocenters. The smallest absolute Gasteiger partial charge is 0.323 e. The number of hydroxylamine groups is 1. The molecule has 5 nitrogen and oxygen atoms in total. The first-order chi connectivity index (χ1) is 5.22. The van der Waals surface area contributed by atoms with Gasteiger partial charge in [0, 0.05) is 6.42 Å². The molecule has 0 heterocycles. The molecule has 0 aliphatic carbocycles. The molecule has 0 aromatic carbocycles. The highest BCUT2D eigenvalue weighted by Crippen LogP contribution is 1.98. The Kier molecular flexibility index (Phi) is 5.32. The van der Waals surface area contributed by atoms with E-state index in [2.05, 4.69) is 0 Å². The average Bonchev–Trinajstić information content (AvgIpc) is 1.97. The van der Waals surface area contributed by atoms with Crippen molar-refractivity contribution in [2.24, 2.45) is 0 Å². The highest BCUT2D eigenvalue weighted by Gasteiger charge is 2.14.